The summed E-state index contributed by atoms with van der Waals surface area (Å²) in [6, 6.07) is -0.540. The van der Waals surface area contributed by atoms with Gasteiger partial charge in [-0.2, -0.15) is 0 Å². The first-order chi connectivity index (χ1) is 31.2. The van der Waals surface area contributed by atoms with Gasteiger partial charge in [-0.25, -0.2) is 0 Å². The van der Waals surface area contributed by atoms with Crippen molar-refractivity contribution in [3.63, 3.8) is 0 Å². The summed E-state index contributed by atoms with van der Waals surface area (Å²) in [7, 11) is 0. The number of nitrogens with one attached hydrogen (secondary N) is 1. The Morgan fingerprint density at radius 2 is 0.698 bits per heavy atom. The van der Waals surface area contributed by atoms with Gasteiger partial charge in [0.15, 0.2) is 0 Å². The average molecular weight is 879 g/mol. The second kappa shape index (κ2) is 54.2. The number of hydrogen-bond acceptors (Lipinski definition) is 3. The van der Waals surface area contributed by atoms with E-state index in [0.29, 0.717) is 12.8 Å². The monoisotopic (exact) mass is 878 g/mol. The molecule has 0 fully saturated rings. The van der Waals surface area contributed by atoms with E-state index in [1.54, 1.807) is 0 Å². The molecule has 63 heavy (non-hydrogen) atoms. The SMILES string of the molecule is CC/C=C\C/C=C\C/C=C\C/C=C\C/C=C\C/C=C\CCCCCCCCCCCCCCCCC(=O)NC(CO)C(O)CCCCCCCCCCCCCCCCCCCC. The van der Waals surface area contributed by atoms with E-state index in [1.165, 1.54) is 186 Å². The molecule has 0 spiro atoms. The zero-order valence-corrected chi connectivity index (χ0v) is 42.1. The number of allylic oxidation sites excluding steroid dienone is 12. The first-order valence-corrected chi connectivity index (χ1v) is 27.6. The van der Waals surface area contributed by atoms with Gasteiger partial charge in [0.2, 0.25) is 5.91 Å². The molecule has 2 atom stereocenters. The Kier molecular flexibility index (Phi) is 52.3. The number of carbonyl (C=O) groups is 1. The van der Waals surface area contributed by atoms with Crippen molar-refractivity contribution in [3.05, 3.63) is 72.9 Å². The van der Waals surface area contributed by atoms with Crippen molar-refractivity contribution >= 4 is 5.91 Å². The Balaban J connectivity index is 3.49. The van der Waals surface area contributed by atoms with Crippen LogP contribution in [0.25, 0.3) is 0 Å². The van der Waals surface area contributed by atoms with Gasteiger partial charge in [-0.05, 0) is 64.2 Å². The maximum atomic E-state index is 12.5. The maximum Gasteiger partial charge on any atom is 0.220 e. The third kappa shape index (κ3) is 50.7. The van der Waals surface area contributed by atoms with Crippen LogP contribution in [-0.4, -0.2) is 34.9 Å². The summed E-state index contributed by atoms with van der Waals surface area (Å²) in [6.07, 6.45) is 77.3. The minimum Gasteiger partial charge on any atom is -0.394 e. The number of aliphatic hydroxyl groups is 2. The summed E-state index contributed by atoms with van der Waals surface area (Å²) in [4.78, 5) is 12.5. The molecule has 4 nitrogen and oxygen atoms in total. The second-order valence-electron chi connectivity index (χ2n) is 18.6. The number of carbonyl (C=O) groups excluding carboxylic acids is 1. The number of aliphatic hydroxyl groups excluding tert-OH is 2. The molecule has 0 bridgehead atoms. The van der Waals surface area contributed by atoms with Crippen molar-refractivity contribution in [1.29, 1.82) is 0 Å². The lowest BCUT2D eigenvalue weighted by molar-refractivity contribution is -0.123. The van der Waals surface area contributed by atoms with Crippen molar-refractivity contribution in [2.75, 3.05) is 6.61 Å². The lowest BCUT2D eigenvalue weighted by Crippen LogP contribution is -2.45. The molecule has 0 aromatic carbocycles. The second-order valence-corrected chi connectivity index (χ2v) is 18.6. The summed E-state index contributed by atoms with van der Waals surface area (Å²) in [5.74, 6) is -0.0317. The molecule has 0 aliphatic carbocycles. The van der Waals surface area contributed by atoms with E-state index >= 15 is 0 Å². The molecule has 0 aromatic rings. The Bertz CT molecular complexity index is 1090. The Morgan fingerprint density at radius 1 is 0.397 bits per heavy atom. The van der Waals surface area contributed by atoms with Gasteiger partial charge in [-0.3, -0.25) is 4.79 Å². The van der Waals surface area contributed by atoms with E-state index in [4.69, 9.17) is 0 Å². The fourth-order valence-corrected chi connectivity index (χ4v) is 8.31. The van der Waals surface area contributed by atoms with Gasteiger partial charge >= 0.3 is 0 Å². The van der Waals surface area contributed by atoms with Gasteiger partial charge in [-0.15, -0.1) is 0 Å². The molecule has 0 saturated heterocycles. The fraction of sp³-hybridized carbons (Fsp3) is 0.780. The highest BCUT2D eigenvalue weighted by atomic mass is 16.3. The number of rotatable bonds is 50. The molecule has 2 unspecified atom stereocenters. The maximum absolute atomic E-state index is 12.5. The van der Waals surface area contributed by atoms with Crippen LogP contribution in [-0.2, 0) is 4.79 Å². The summed E-state index contributed by atoms with van der Waals surface area (Å²) in [6.45, 7) is 4.26. The van der Waals surface area contributed by atoms with Crippen molar-refractivity contribution < 1.29 is 15.0 Å². The molecule has 0 saturated carbocycles. The van der Waals surface area contributed by atoms with Crippen LogP contribution in [0.3, 0.4) is 0 Å². The topological polar surface area (TPSA) is 69.6 Å². The predicted octanol–water partition coefficient (Wildman–Crippen LogP) is 18.2. The van der Waals surface area contributed by atoms with Gasteiger partial charge in [0.1, 0.15) is 0 Å². The smallest absolute Gasteiger partial charge is 0.220 e. The lowest BCUT2D eigenvalue weighted by atomic mass is 10.0. The van der Waals surface area contributed by atoms with Crippen LogP contribution in [0.15, 0.2) is 72.9 Å². The minimum absolute atomic E-state index is 0.0317. The van der Waals surface area contributed by atoms with E-state index in [9.17, 15) is 15.0 Å². The molecule has 4 heteroatoms. The van der Waals surface area contributed by atoms with Crippen molar-refractivity contribution in [2.45, 2.75) is 289 Å². The Labute approximate surface area is 393 Å². The molecule has 366 valence electrons. The number of hydrogen-bond donors (Lipinski definition) is 3. The van der Waals surface area contributed by atoms with Crippen LogP contribution in [0.5, 0.6) is 0 Å². The van der Waals surface area contributed by atoms with Crippen LogP contribution >= 0.6 is 0 Å². The fourth-order valence-electron chi connectivity index (χ4n) is 8.31. The zero-order valence-electron chi connectivity index (χ0n) is 42.1. The van der Waals surface area contributed by atoms with Gasteiger partial charge < -0.3 is 15.5 Å². The van der Waals surface area contributed by atoms with Crippen molar-refractivity contribution in [1.82, 2.24) is 5.32 Å². The van der Waals surface area contributed by atoms with E-state index in [0.717, 1.165) is 64.2 Å². The van der Waals surface area contributed by atoms with Crippen LogP contribution in [0.4, 0.5) is 0 Å². The molecule has 0 radical (unpaired) electrons. The molecule has 0 aliphatic heterocycles. The van der Waals surface area contributed by atoms with Crippen molar-refractivity contribution in [3.8, 4) is 0 Å². The highest BCUT2D eigenvalue weighted by Crippen LogP contribution is 2.17. The molecule has 3 N–H and O–H groups in total. The highest BCUT2D eigenvalue weighted by Gasteiger charge is 2.20. The first kappa shape index (κ1) is 60.8. The molecule has 0 rings (SSSR count). The summed E-state index contributed by atoms with van der Waals surface area (Å²) in [5.41, 5.74) is 0. The van der Waals surface area contributed by atoms with Crippen LogP contribution in [0.2, 0.25) is 0 Å². The largest absolute Gasteiger partial charge is 0.394 e. The van der Waals surface area contributed by atoms with E-state index in [1.807, 2.05) is 0 Å². The van der Waals surface area contributed by atoms with Gasteiger partial charge in [0, 0.05) is 6.42 Å². The number of amides is 1. The Morgan fingerprint density at radius 3 is 1.05 bits per heavy atom. The third-order valence-electron chi connectivity index (χ3n) is 12.5. The third-order valence-corrected chi connectivity index (χ3v) is 12.5. The minimum atomic E-state index is -0.662. The molecular weight excluding hydrogens is 771 g/mol. The van der Waals surface area contributed by atoms with E-state index in [-0.39, 0.29) is 12.5 Å². The first-order valence-electron chi connectivity index (χ1n) is 27.6. The van der Waals surface area contributed by atoms with Crippen LogP contribution < -0.4 is 5.32 Å². The molecule has 0 heterocycles. The summed E-state index contributed by atoms with van der Waals surface area (Å²) >= 11 is 0. The van der Waals surface area contributed by atoms with Crippen molar-refractivity contribution in [2.24, 2.45) is 0 Å². The molecular formula is C59H107NO3. The van der Waals surface area contributed by atoms with Crippen LogP contribution in [0.1, 0.15) is 277 Å². The highest BCUT2D eigenvalue weighted by molar-refractivity contribution is 5.76. The van der Waals surface area contributed by atoms with Crippen LogP contribution in [0, 0.1) is 0 Å². The van der Waals surface area contributed by atoms with Gasteiger partial charge in [0.05, 0.1) is 18.8 Å². The number of unbranched alkanes of at least 4 members (excludes halogenated alkanes) is 31. The average Bonchev–Trinajstić information content (AvgIpc) is 3.29. The summed E-state index contributed by atoms with van der Waals surface area (Å²) in [5, 5.41) is 23.3. The summed E-state index contributed by atoms with van der Waals surface area (Å²) < 4.78 is 0. The normalized spacial score (nSPS) is 13.4. The molecule has 0 aliphatic rings. The van der Waals surface area contributed by atoms with Gasteiger partial charge in [-0.1, -0.05) is 279 Å². The standard InChI is InChI=1S/C59H107NO3/c1-3-5-7-9-11-13-15-17-19-21-23-24-25-26-27-28-29-30-31-32-33-34-35-36-37-39-41-43-45-47-49-51-53-55-59(63)60-57(56-61)58(62)54-52-50-48-46-44-42-40-38-22-20-18-16-14-12-10-8-6-4-2/h5,7,11,13,17,19,23-24,26-27,29-30,57-58,61-62H,3-4,6,8-10,12,14-16,18,20-22,25,28,31-56H2,1-2H3,(H,60,63)/b7-5-,13-11-,19-17-,24-23-,27-26-,30-29-. The van der Waals surface area contributed by atoms with E-state index < -0.39 is 12.1 Å². The quantitative estimate of drug-likeness (QED) is 0.0421. The van der Waals surface area contributed by atoms with Gasteiger partial charge in [0.25, 0.3) is 0 Å². The molecule has 0 aromatic heterocycles. The molecule has 1 amide bonds. The van der Waals surface area contributed by atoms with E-state index in [2.05, 4.69) is 92.1 Å². The lowest BCUT2D eigenvalue weighted by Gasteiger charge is -2.22. The predicted molar refractivity (Wildman–Crippen MR) is 281 cm³/mol. The Hall–Kier alpha value is -2.17. The zero-order chi connectivity index (χ0) is 45.6.